The number of hydrogen-bond acceptors (Lipinski definition) is 1. The van der Waals surface area contributed by atoms with Gasteiger partial charge in [0.15, 0.2) is 0 Å². The zero-order valence-electron chi connectivity index (χ0n) is 7.52. The van der Waals surface area contributed by atoms with Crippen LogP contribution in [0.2, 0.25) is 0 Å². The predicted molar refractivity (Wildman–Crippen MR) is 45.4 cm³/mol. The maximum absolute atomic E-state index is 14.3. The van der Waals surface area contributed by atoms with E-state index in [1.165, 1.54) is 6.42 Å². The van der Waals surface area contributed by atoms with E-state index >= 15 is 0 Å². The van der Waals surface area contributed by atoms with E-state index in [1.807, 2.05) is 0 Å². The molecule has 0 aromatic rings. The van der Waals surface area contributed by atoms with Crippen molar-refractivity contribution in [2.24, 2.45) is 23.0 Å². The van der Waals surface area contributed by atoms with Gasteiger partial charge in [0.2, 0.25) is 0 Å². The van der Waals surface area contributed by atoms with Crippen molar-refractivity contribution in [1.29, 1.82) is 0 Å². The Kier molecular flexibility index (Phi) is 1.05. The standard InChI is InChI=1S/C10H16FN/c1-6-7-2-3-9(7)4-5-10(9,11)8(6)12/h6-8H,2-5,12H2,1H3. The fourth-order valence-corrected chi connectivity index (χ4v) is 4.10. The number of nitrogens with two attached hydrogens (primary N) is 1. The summed E-state index contributed by atoms with van der Waals surface area (Å²) in [6.45, 7) is 2.13. The zero-order valence-corrected chi connectivity index (χ0v) is 7.52. The topological polar surface area (TPSA) is 26.0 Å². The van der Waals surface area contributed by atoms with Gasteiger partial charge in [-0.15, -0.1) is 0 Å². The van der Waals surface area contributed by atoms with E-state index in [4.69, 9.17) is 5.73 Å². The van der Waals surface area contributed by atoms with Crippen LogP contribution in [0.3, 0.4) is 0 Å². The Morgan fingerprint density at radius 2 is 2.08 bits per heavy atom. The minimum atomic E-state index is -0.963. The first kappa shape index (κ1) is 7.31. The van der Waals surface area contributed by atoms with Crippen LogP contribution in [0.15, 0.2) is 0 Å². The highest BCUT2D eigenvalue weighted by atomic mass is 19.1. The minimum absolute atomic E-state index is 0.0613. The summed E-state index contributed by atoms with van der Waals surface area (Å²) >= 11 is 0. The Morgan fingerprint density at radius 3 is 2.33 bits per heavy atom. The van der Waals surface area contributed by atoms with Crippen molar-refractivity contribution in [2.75, 3.05) is 0 Å². The lowest BCUT2D eigenvalue weighted by atomic mass is 9.46. The van der Waals surface area contributed by atoms with Crippen molar-refractivity contribution in [3.05, 3.63) is 0 Å². The molecule has 5 unspecified atom stereocenters. The Hall–Kier alpha value is -0.110. The fraction of sp³-hybridized carbons (Fsp3) is 1.00. The lowest BCUT2D eigenvalue weighted by molar-refractivity contribution is -0.160. The molecule has 0 aromatic heterocycles. The van der Waals surface area contributed by atoms with E-state index in [0.29, 0.717) is 11.8 Å². The van der Waals surface area contributed by atoms with Gasteiger partial charge >= 0.3 is 0 Å². The molecule has 0 bridgehead atoms. The number of hydrogen-bond donors (Lipinski definition) is 1. The Labute approximate surface area is 72.5 Å². The van der Waals surface area contributed by atoms with Crippen LogP contribution >= 0.6 is 0 Å². The van der Waals surface area contributed by atoms with Crippen LogP contribution in [0.5, 0.6) is 0 Å². The Balaban J connectivity index is 2.05. The van der Waals surface area contributed by atoms with Crippen LogP contribution < -0.4 is 5.73 Å². The van der Waals surface area contributed by atoms with E-state index in [9.17, 15) is 4.39 Å². The molecule has 2 N–H and O–H groups in total. The van der Waals surface area contributed by atoms with E-state index in [0.717, 1.165) is 19.3 Å². The lowest BCUT2D eigenvalue weighted by Crippen LogP contribution is -2.62. The van der Waals surface area contributed by atoms with Gasteiger partial charge in [0, 0.05) is 11.5 Å². The molecule has 0 saturated heterocycles. The van der Waals surface area contributed by atoms with E-state index in [-0.39, 0.29) is 11.5 Å². The van der Waals surface area contributed by atoms with Crippen LogP contribution in [0.25, 0.3) is 0 Å². The number of rotatable bonds is 0. The molecule has 12 heavy (non-hydrogen) atoms. The molecule has 1 spiro atoms. The van der Waals surface area contributed by atoms with Gasteiger partial charge in [-0.1, -0.05) is 6.92 Å². The predicted octanol–water partition coefficient (Wildman–Crippen LogP) is 1.86. The summed E-state index contributed by atoms with van der Waals surface area (Å²) in [5.74, 6) is 1.04. The van der Waals surface area contributed by atoms with Gasteiger partial charge in [-0.2, -0.15) is 0 Å². The van der Waals surface area contributed by atoms with Crippen LogP contribution in [0.1, 0.15) is 32.6 Å². The Bertz CT molecular complexity index is 224. The van der Waals surface area contributed by atoms with Crippen LogP contribution in [0, 0.1) is 17.3 Å². The molecular formula is C10H16FN. The van der Waals surface area contributed by atoms with Crippen molar-refractivity contribution in [1.82, 2.24) is 0 Å². The molecule has 3 saturated carbocycles. The maximum Gasteiger partial charge on any atom is 0.132 e. The molecule has 0 radical (unpaired) electrons. The molecule has 0 aliphatic heterocycles. The normalized spacial score (nSPS) is 67.8. The summed E-state index contributed by atoms with van der Waals surface area (Å²) in [6, 6.07) is -0.168. The maximum atomic E-state index is 14.3. The average Bonchev–Trinajstić information content (AvgIpc) is 2.01. The molecule has 0 aromatic carbocycles. The van der Waals surface area contributed by atoms with E-state index in [1.54, 1.807) is 0 Å². The summed E-state index contributed by atoms with van der Waals surface area (Å²) in [5, 5.41) is 0. The SMILES string of the molecule is CC1C(N)C2(F)CCC23CCC13. The minimum Gasteiger partial charge on any atom is -0.325 e. The summed E-state index contributed by atoms with van der Waals surface area (Å²) < 4.78 is 14.3. The summed E-state index contributed by atoms with van der Waals surface area (Å²) in [5.41, 5.74) is 5.04. The summed E-state index contributed by atoms with van der Waals surface area (Å²) in [7, 11) is 0. The molecular weight excluding hydrogens is 153 g/mol. The highest BCUT2D eigenvalue weighted by Gasteiger charge is 2.76. The molecule has 0 amide bonds. The van der Waals surface area contributed by atoms with Gasteiger partial charge in [0.1, 0.15) is 5.67 Å². The average molecular weight is 169 g/mol. The molecule has 68 valence electrons. The number of alkyl halides is 1. The smallest absolute Gasteiger partial charge is 0.132 e. The third-order valence-electron chi connectivity index (χ3n) is 5.10. The van der Waals surface area contributed by atoms with Gasteiger partial charge in [0.25, 0.3) is 0 Å². The molecule has 0 heterocycles. The second-order valence-electron chi connectivity index (χ2n) is 5.05. The van der Waals surface area contributed by atoms with Crippen LogP contribution in [-0.4, -0.2) is 11.7 Å². The summed E-state index contributed by atoms with van der Waals surface area (Å²) in [6.07, 6.45) is 4.16. The third kappa shape index (κ3) is 0.445. The lowest BCUT2D eigenvalue weighted by Gasteiger charge is -2.60. The van der Waals surface area contributed by atoms with Crippen molar-refractivity contribution < 1.29 is 4.39 Å². The molecule has 2 heteroatoms. The zero-order chi connectivity index (χ0) is 8.56. The highest BCUT2D eigenvalue weighted by molar-refractivity contribution is 5.26. The first-order valence-corrected chi connectivity index (χ1v) is 5.06. The third-order valence-corrected chi connectivity index (χ3v) is 5.10. The van der Waals surface area contributed by atoms with E-state index in [2.05, 4.69) is 6.92 Å². The molecule has 3 fully saturated rings. The van der Waals surface area contributed by atoms with Crippen molar-refractivity contribution >= 4 is 0 Å². The molecule has 1 nitrogen and oxygen atoms in total. The quantitative estimate of drug-likeness (QED) is 0.588. The van der Waals surface area contributed by atoms with Gasteiger partial charge in [-0.25, -0.2) is 4.39 Å². The first-order valence-electron chi connectivity index (χ1n) is 5.06. The molecule has 5 atom stereocenters. The monoisotopic (exact) mass is 169 g/mol. The van der Waals surface area contributed by atoms with Crippen molar-refractivity contribution in [3.8, 4) is 0 Å². The second-order valence-corrected chi connectivity index (χ2v) is 5.05. The van der Waals surface area contributed by atoms with Gasteiger partial charge < -0.3 is 5.73 Å². The fourth-order valence-electron chi connectivity index (χ4n) is 4.10. The van der Waals surface area contributed by atoms with Gasteiger partial charge in [-0.3, -0.25) is 0 Å². The van der Waals surface area contributed by atoms with E-state index < -0.39 is 5.67 Å². The molecule has 3 aliphatic carbocycles. The van der Waals surface area contributed by atoms with Crippen molar-refractivity contribution in [2.45, 2.75) is 44.3 Å². The van der Waals surface area contributed by atoms with Gasteiger partial charge in [-0.05, 0) is 37.5 Å². The van der Waals surface area contributed by atoms with Crippen molar-refractivity contribution in [3.63, 3.8) is 0 Å². The first-order chi connectivity index (χ1) is 5.62. The summed E-state index contributed by atoms with van der Waals surface area (Å²) in [4.78, 5) is 0. The molecule has 3 rings (SSSR count). The van der Waals surface area contributed by atoms with Crippen LogP contribution in [-0.2, 0) is 0 Å². The number of halogens is 1. The largest absolute Gasteiger partial charge is 0.325 e. The van der Waals surface area contributed by atoms with Crippen LogP contribution in [0.4, 0.5) is 4.39 Å². The van der Waals surface area contributed by atoms with Gasteiger partial charge in [0.05, 0.1) is 0 Å². The second kappa shape index (κ2) is 1.72. The highest BCUT2D eigenvalue weighted by Crippen LogP contribution is 2.74. The Morgan fingerprint density at radius 1 is 1.33 bits per heavy atom. The molecule has 3 aliphatic rings.